The molecule has 0 spiro atoms. The third kappa shape index (κ3) is 4.31. The molecular formula is C23H27F3O. The number of hydrogen-bond acceptors (Lipinski definition) is 1. The molecule has 0 amide bonds. The first-order valence-electron chi connectivity index (χ1n) is 9.95. The van der Waals surface area contributed by atoms with Gasteiger partial charge in [0.25, 0.3) is 0 Å². The molecule has 0 unspecified atom stereocenters. The minimum Gasteiger partial charge on any atom is -0.491 e. The zero-order chi connectivity index (χ0) is 19.4. The number of benzene rings is 2. The van der Waals surface area contributed by atoms with Crippen molar-refractivity contribution in [3.05, 3.63) is 53.3 Å². The highest BCUT2D eigenvalue weighted by Gasteiger charge is 2.23. The summed E-state index contributed by atoms with van der Waals surface area (Å²) in [5.74, 6) is -1.68. The van der Waals surface area contributed by atoms with Crippen LogP contribution in [0.5, 0.6) is 5.75 Å². The summed E-state index contributed by atoms with van der Waals surface area (Å²) in [7, 11) is 0. The molecule has 0 N–H and O–H groups in total. The van der Waals surface area contributed by atoms with E-state index in [2.05, 4.69) is 6.92 Å². The van der Waals surface area contributed by atoms with Crippen molar-refractivity contribution in [2.75, 3.05) is 6.61 Å². The summed E-state index contributed by atoms with van der Waals surface area (Å²) in [5.41, 5.74) is 0.961. The highest BCUT2D eigenvalue weighted by Crippen LogP contribution is 2.39. The van der Waals surface area contributed by atoms with Crippen LogP contribution in [0.3, 0.4) is 0 Å². The Morgan fingerprint density at radius 3 is 2.22 bits per heavy atom. The van der Waals surface area contributed by atoms with E-state index in [0.29, 0.717) is 5.92 Å². The molecule has 4 heteroatoms. The maximum absolute atomic E-state index is 14.7. The van der Waals surface area contributed by atoms with Crippen LogP contribution in [0.4, 0.5) is 13.2 Å². The maximum atomic E-state index is 14.7. The molecule has 0 atom stereocenters. The third-order valence-electron chi connectivity index (χ3n) is 5.65. The Hall–Kier alpha value is -1.97. The van der Waals surface area contributed by atoms with E-state index < -0.39 is 17.5 Å². The van der Waals surface area contributed by atoms with Crippen molar-refractivity contribution < 1.29 is 17.9 Å². The minimum atomic E-state index is -1.08. The first kappa shape index (κ1) is 19.8. The van der Waals surface area contributed by atoms with Crippen LogP contribution in [0, 0.1) is 23.4 Å². The molecule has 1 saturated carbocycles. The van der Waals surface area contributed by atoms with Crippen molar-refractivity contribution in [2.24, 2.45) is 5.92 Å². The van der Waals surface area contributed by atoms with Crippen LogP contribution >= 0.6 is 0 Å². The standard InChI is InChI=1S/C23H27F3O/c1-3-5-15-6-8-16(9-7-15)17-10-11-18(20(24)14-17)19-12-13-21(27-4-2)23(26)22(19)25/h10-16H,3-9H2,1-2H3. The number of ether oxygens (including phenoxy) is 1. The Balaban J connectivity index is 1.81. The van der Waals surface area contributed by atoms with Gasteiger partial charge in [0.2, 0.25) is 5.82 Å². The van der Waals surface area contributed by atoms with Crippen molar-refractivity contribution in [2.45, 2.75) is 58.3 Å². The van der Waals surface area contributed by atoms with Gasteiger partial charge in [-0.25, -0.2) is 8.78 Å². The highest BCUT2D eigenvalue weighted by atomic mass is 19.2. The van der Waals surface area contributed by atoms with Gasteiger partial charge in [0.15, 0.2) is 11.6 Å². The lowest BCUT2D eigenvalue weighted by molar-refractivity contribution is 0.308. The summed E-state index contributed by atoms with van der Waals surface area (Å²) in [6, 6.07) is 7.64. The Labute approximate surface area is 159 Å². The monoisotopic (exact) mass is 376 g/mol. The van der Waals surface area contributed by atoms with Gasteiger partial charge in [0.05, 0.1) is 6.61 Å². The first-order chi connectivity index (χ1) is 13.0. The van der Waals surface area contributed by atoms with Crippen LogP contribution < -0.4 is 4.74 Å². The van der Waals surface area contributed by atoms with E-state index in [-0.39, 0.29) is 23.5 Å². The zero-order valence-electron chi connectivity index (χ0n) is 16.0. The molecule has 3 rings (SSSR count). The van der Waals surface area contributed by atoms with Gasteiger partial charge in [0, 0.05) is 11.1 Å². The Bertz CT molecular complexity index is 779. The predicted octanol–water partition coefficient (Wildman–Crippen LogP) is 7.24. The van der Waals surface area contributed by atoms with Crippen LogP contribution in [-0.4, -0.2) is 6.61 Å². The zero-order valence-corrected chi connectivity index (χ0v) is 16.0. The largest absolute Gasteiger partial charge is 0.491 e. The molecule has 146 valence electrons. The number of hydrogen-bond donors (Lipinski definition) is 0. The van der Waals surface area contributed by atoms with Gasteiger partial charge in [0.1, 0.15) is 5.82 Å². The molecule has 0 radical (unpaired) electrons. The molecule has 2 aromatic carbocycles. The topological polar surface area (TPSA) is 9.23 Å². The number of rotatable bonds is 6. The second-order valence-corrected chi connectivity index (χ2v) is 7.42. The van der Waals surface area contributed by atoms with E-state index in [0.717, 1.165) is 24.3 Å². The smallest absolute Gasteiger partial charge is 0.201 e. The summed E-state index contributed by atoms with van der Waals surface area (Å²) < 4.78 is 48.3. The third-order valence-corrected chi connectivity index (χ3v) is 5.65. The van der Waals surface area contributed by atoms with Gasteiger partial charge in [-0.15, -0.1) is 0 Å². The quantitative estimate of drug-likeness (QED) is 0.516. The van der Waals surface area contributed by atoms with Crippen molar-refractivity contribution in [1.29, 1.82) is 0 Å². The van der Waals surface area contributed by atoms with Crippen LogP contribution in [0.2, 0.25) is 0 Å². The lowest BCUT2D eigenvalue weighted by Crippen LogP contribution is -2.13. The maximum Gasteiger partial charge on any atom is 0.201 e. The lowest BCUT2D eigenvalue weighted by atomic mass is 9.77. The van der Waals surface area contributed by atoms with Crippen molar-refractivity contribution >= 4 is 0 Å². The molecule has 0 saturated heterocycles. The average molecular weight is 376 g/mol. The van der Waals surface area contributed by atoms with Gasteiger partial charge < -0.3 is 4.74 Å². The summed E-state index contributed by atoms with van der Waals surface area (Å²) in [6.45, 7) is 4.14. The highest BCUT2D eigenvalue weighted by molar-refractivity contribution is 5.66. The van der Waals surface area contributed by atoms with E-state index in [9.17, 15) is 13.2 Å². The normalized spacial score (nSPS) is 19.9. The first-order valence-corrected chi connectivity index (χ1v) is 9.95. The van der Waals surface area contributed by atoms with Crippen LogP contribution in [0.1, 0.15) is 63.9 Å². The van der Waals surface area contributed by atoms with E-state index >= 15 is 0 Å². The van der Waals surface area contributed by atoms with Gasteiger partial charge in [-0.3, -0.25) is 0 Å². The SMILES string of the molecule is CCCC1CCC(c2ccc(-c3ccc(OCC)c(F)c3F)c(F)c2)CC1. The van der Waals surface area contributed by atoms with Crippen LogP contribution in [0.25, 0.3) is 11.1 Å². The Morgan fingerprint density at radius 2 is 1.59 bits per heavy atom. The summed E-state index contributed by atoms with van der Waals surface area (Å²) in [4.78, 5) is 0. The molecule has 0 heterocycles. The van der Waals surface area contributed by atoms with Crippen molar-refractivity contribution in [1.82, 2.24) is 0 Å². The number of halogens is 3. The molecule has 1 aliphatic carbocycles. The lowest BCUT2D eigenvalue weighted by Gasteiger charge is -2.28. The van der Waals surface area contributed by atoms with Gasteiger partial charge in [-0.2, -0.15) is 4.39 Å². The molecule has 1 fully saturated rings. The molecule has 1 aliphatic rings. The molecule has 0 bridgehead atoms. The van der Waals surface area contributed by atoms with Crippen molar-refractivity contribution in [3.63, 3.8) is 0 Å². The summed E-state index contributed by atoms with van der Waals surface area (Å²) in [6.07, 6.45) is 6.97. The fourth-order valence-electron chi connectivity index (χ4n) is 4.20. The summed E-state index contributed by atoms with van der Waals surface area (Å²) >= 11 is 0. The predicted molar refractivity (Wildman–Crippen MR) is 103 cm³/mol. The Kier molecular flexibility index (Phi) is 6.46. The average Bonchev–Trinajstić information content (AvgIpc) is 2.67. The van der Waals surface area contributed by atoms with E-state index in [4.69, 9.17) is 4.74 Å². The van der Waals surface area contributed by atoms with Crippen LogP contribution in [-0.2, 0) is 0 Å². The van der Waals surface area contributed by atoms with Crippen LogP contribution in [0.15, 0.2) is 30.3 Å². The van der Waals surface area contributed by atoms with Crippen molar-refractivity contribution in [3.8, 4) is 16.9 Å². The fraction of sp³-hybridized carbons (Fsp3) is 0.478. The van der Waals surface area contributed by atoms with Gasteiger partial charge in [-0.05, 0) is 68.2 Å². The second kappa shape index (κ2) is 8.81. The molecule has 0 aliphatic heterocycles. The molecular weight excluding hydrogens is 349 g/mol. The molecule has 0 aromatic heterocycles. The molecule has 2 aromatic rings. The van der Waals surface area contributed by atoms with Gasteiger partial charge in [-0.1, -0.05) is 31.9 Å². The van der Waals surface area contributed by atoms with E-state index in [1.54, 1.807) is 13.0 Å². The molecule has 27 heavy (non-hydrogen) atoms. The van der Waals surface area contributed by atoms with E-state index in [1.807, 2.05) is 6.07 Å². The molecule has 1 nitrogen and oxygen atoms in total. The Morgan fingerprint density at radius 1 is 0.889 bits per heavy atom. The fourth-order valence-corrected chi connectivity index (χ4v) is 4.20. The second-order valence-electron chi connectivity index (χ2n) is 7.42. The minimum absolute atomic E-state index is 0.0772. The van der Waals surface area contributed by atoms with E-state index in [1.165, 1.54) is 43.9 Å². The van der Waals surface area contributed by atoms with Gasteiger partial charge >= 0.3 is 0 Å². The summed E-state index contributed by atoms with van der Waals surface area (Å²) in [5, 5.41) is 0.